The Balaban J connectivity index is 3.27. The molecule has 12 heavy (non-hydrogen) atoms. The van der Waals surface area contributed by atoms with Gasteiger partial charge in [0.05, 0.1) is 11.8 Å². The van der Waals surface area contributed by atoms with E-state index in [0.717, 1.165) is 12.4 Å². The highest BCUT2D eigenvalue weighted by atomic mass is 19.1. The van der Waals surface area contributed by atoms with Crippen molar-refractivity contribution in [2.75, 3.05) is 0 Å². The number of nitrogens with zero attached hydrogens (tertiary/aromatic N) is 1. The molecule has 0 saturated carbocycles. The molecule has 0 saturated heterocycles. The quantitative estimate of drug-likeness (QED) is 0.729. The first-order valence-electron chi connectivity index (χ1n) is 3.52. The third kappa shape index (κ3) is 1.42. The number of hydrogen-bond donors (Lipinski definition) is 1. The Hall–Kier alpha value is -1.45. The number of carbonyl (C=O) groups is 1. The van der Waals surface area contributed by atoms with Gasteiger partial charge in [0.2, 0.25) is 0 Å². The molecule has 0 atom stereocenters. The molecule has 0 aliphatic carbocycles. The minimum atomic E-state index is -1.14. The molecule has 0 fully saturated rings. The van der Waals surface area contributed by atoms with Gasteiger partial charge in [0.1, 0.15) is 5.82 Å². The number of carboxylic acids is 1. The smallest absolute Gasteiger partial charge is 0.337 e. The molecule has 0 amide bonds. The van der Waals surface area contributed by atoms with Gasteiger partial charge in [-0.2, -0.15) is 0 Å². The third-order valence-corrected chi connectivity index (χ3v) is 1.59. The number of rotatable bonds is 2. The average Bonchev–Trinajstić information content (AvgIpc) is 2.03. The van der Waals surface area contributed by atoms with E-state index in [1.165, 1.54) is 0 Å². The van der Waals surface area contributed by atoms with Crippen LogP contribution in [0.25, 0.3) is 0 Å². The van der Waals surface area contributed by atoms with Gasteiger partial charge in [0.15, 0.2) is 0 Å². The van der Waals surface area contributed by atoms with Crippen LogP contribution in [-0.4, -0.2) is 16.1 Å². The second-order valence-electron chi connectivity index (χ2n) is 2.31. The van der Waals surface area contributed by atoms with Crippen LogP contribution in [0.2, 0.25) is 0 Å². The molecule has 3 nitrogen and oxygen atoms in total. The maximum atomic E-state index is 12.9. The number of halogens is 1. The Morgan fingerprint density at radius 1 is 1.67 bits per heavy atom. The Labute approximate surface area is 68.9 Å². The predicted octanol–water partition coefficient (Wildman–Crippen LogP) is 1.48. The number of hydrogen-bond acceptors (Lipinski definition) is 2. The summed E-state index contributed by atoms with van der Waals surface area (Å²) in [5.41, 5.74) is 0.148. The molecule has 0 spiro atoms. The van der Waals surface area contributed by atoms with E-state index in [0.29, 0.717) is 6.42 Å². The molecule has 0 aliphatic rings. The minimum absolute atomic E-state index is 0.0579. The van der Waals surface area contributed by atoms with Crippen LogP contribution in [0.15, 0.2) is 12.4 Å². The summed E-state index contributed by atoms with van der Waals surface area (Å²) in [6.07, 6.45) is 2.53. The van der Waals surface area contributed by atoms with E-state index in [1.54, 1.807) is 6.92 Å². The van der Waals surface area contributed by atoms with Crippen molar-refractivity contribution in [2.45, 2.75) is 13.3 Å². The van der Waals surface area contributed by atoms with Crippen LogP contribution >= 0.6 is 0 Å². The molecule has 0 radical (unpaired) electrons. The van der Waals surface area contributed by atoms with Crippen LogP contribution in [0.3, 0.4) is 0 Å². The van der Waals surface area contributed by atoms with Crippen molar-refractivity contribution in [1.29, 1.82) is 0 Å². The van der Waals surface area contributed by atoms with E-state index in [2.05, 4.69) is 4.98 Å². The topological polar surface area (TPSA) is 50.2 Å². The molecule has 1 heterocycles. The highest BCUT2D eigenvalue weighted by Gasteiger charge is 2.12. The Morgan fingerprint density at radius 2 is 2.33 bits per heavy atom. The summed E-state index contributed by atoms with van der Waals surface area (Å²) in [7, 11) is 0. The van der Waals surface area contributed by atoms with E-state index in [9.17, 15) is 9.18 Å². The summed E-state index contributed by atoms with van der Waals surface area (Å²) in [5, 5.41) is 8.61. The summed E-state index contributed by atoms with van der Waals surface area (Å²) in [4.78, 5) is 14.0. The largest absolute Gasteiger partial charge is 0.478 e. The molecule has 1 rings (SSSR count). The Kier molecular flexibility index (Phi) is 2.38. The van der Waals surface area contributed by atoms with Crippen LogP contribution in [0.1, 0.15) is 22.8 Å². The summed E-state index contributed by atoms with van der Waals surface area (Å²) in [6.45, 7) is 1.70. The van der Waals surface area contributed by atoms with Crippen molar-refractivity contribution in [3.63, 3.8) is 0 Å². The molecule has 0 unspecified atom stereocenters. The first-order valence-corrected chi connectivity index (χ1v) is 3.52. The maximum absolute atomic E-state index is 12.9. The first kappa shape index (κ1) is 8.64. The van der Waals surface area contributed by atoms with Crippen molar-refractivity contribution < 1.29 is 14.3 Å². The van der Waals surface area contributed by atoms with Gasteiger partial charge in [-0.05, 0) is 6.42 Å². The monoisotopic (exact) mass is 169 g/mol. The third-order valence-electron chi connectivity index (χ3n) is 1.59. The molecule has 1 aromatic heterocycles. The summed E-state index contributed by atoms with van der Waals surface area (Å²) in [6, 6.07) is 0. The van der Waals surface area contributed by atoms with Gasteiger partial charge < -0.3 is 5.11 Å². The van der Waals surface area contributed by atoms with Crippen LogP contribution in [0, 0.1) is 5.82 Å². The zero-order valence-electron chi connectivity index (χ0n) is 6.54. The second kappa shape index (κ2) is 3.30. The van der Waals surface area contributed by atoms with Crippen LogP contribution < -0.4 is 0 Å². The van der Waals surface area contributed by atoms with E-state index in [4.69, 9.17) is 5.11 Å². The van der Waals surface area contributed by atoms with Crippen LogP contribution in [0.5, 0.6) is 0 Å². The van der Waals surface area contributed by atoms with Crippen molar-refractivity contribution in [1.82, 2.24) is 4.98 Å². The summed E-state index contributed by atoms with van der Waals surface area (Å²) in [5.74, 6) is -1.70. The Bertz CT molecular complexity index is 312. The van der Waals surface area contributed by atoms with Crippen LogP contribution in [0.4, 0.5) is 4.39 Å². The van der Waals surface area contributed by atoms with E-state index < -0.39 is 11.8 Å². The average molecular weight is 169 g/mol. The van der Waals surface area contributed by atoms with Gasteiger partial charge in [0, 0.05) is 11.8 Å². The lowest BCUT2D eigenvalue weighted by molar-refractivity contribution is 0.0694. The Morgan fingerprint density at radius 3 is 2.75 bits per heavy atom. The zero-order valence-corrected chi connectivity index (χ0v) is 6.54. The molecule has 64 valence electrons. The van der Waals surface area contributed by atoms with Gasteiger partial charge in [-0.1, -0.05) is 6.92 Å². The van der Waals surface area contributed by atoms with Crippen molar-refractivity contribution >= 4 is 5.97 Å². The molecule has 0 aromatic carbocycles. The van der Waals surface area contributed by atoms with Crippen LogP contribution in [-0.2, 0) is 6.42 Å². The maximum Gasteiger partial charge on any atom is 0.337 e. The van der Waals surface area contributed by atoms with E-state index in [1.807, 2.05) is 0 Å². The van der Waals surface area contributed by atoms with Crippen molar-refractivity contribution in [2.24, 2.45) is 0 Å². The first-order chi connectivity index (χ1) is 5.66. The number of carboxylic acid groups (broad SMARTS) is 1. The van der Waals surface area contributed by atoms with Gasteiger partial charge >= 0.3 is 5.97 Å². The van der Waals surface area contributed by atoms with Gasteiger partial charge in [-0.15, -0.1) is 0 Å². The fourth-order valence-corrected chi connectivity index (χ4v) is 1.01. The SMILES string of the molecule is CCc1c(F)cncc1C(=O)O. The fourth-order valence-electron chi connectivity index (χ4n) is 1.01. The van der Waals surface area contributed by atoms with Gasteiger partial charge in [-0.3, -0.25) is 4.98 Å². The predicted molar refractivity (Wildman–Crippen MR) is 40.5 cm³/mol. The van der Waals surface area contributed by atoms with E-state index >= 15 is 0 Å². The molecule has 0 bridgehead atoms. The second-order valence-corrected chi connectivity index (χ2v) is 2.31. The standard InChI is InChI=1S/C8H8FNO2/c1-2-5-6(8(11)12)3-10-4-7(5)9/h3-4H,2H2,1H3,(H,11,12). The van der Waals surface area contributed by atoms with Gasteiger partial charge in [-0.25, -0.2) is 9.18 Å². The fraction of sp³-hybridized carbons (Fsp3) is 0.250. The molecule has 0 aliphatic heterocycles. The number of aromatic nitrogens is 1. The summed E-state index contributed by atoms with van der Waals surface area (Å²) < 4.78 is 12.9. The summed E-state index contributed by atoms with van der Waals surface area (Å²) >= 11 is 0. The molecule has 1 N–H and O–H groups in total. The number of aromatic carboxylic acids is 1. The lowest BCUT2D eigenvalue weighted by atomic mass is 10.1. The highest BCUT2D eigenvalue weighted by molar-refractivity contribution is 5.88. The van der Waals surface area contributed by atoms with E-state index in [-0.39, 0.29) is 11.1 Å². The van der Waals surface area contributed by atoms with Gasteiger partial charge in [0.25, 0.3) is 0 Å². The molecular formula is C8H8FNO2. The minimum Gasteiger partial charge on any atom is -0.478 e. The van der Waals surface area contributed by atoms with Crippen molar-refractivity contribution in [3.8, 4) is 0 Å². The normalized spacial score (nSPS) is 9.83. The zero-order chi connectivity index (χ0) is 9.14. The van der Waals surface area contributed by atoms with Crippen molar-refractivity contribution in [3.05, 3.63) is 29.3 Å². The number of pyridine rings is 1. The molecular weight excluding hydrogens is 161 g/mol. The molecule has 4 heteroatoms. The lowest BCUT2D eigenvalue weighted by Crippen LogP contribution is -2.04. The highest BCUT2D eigenvalue weighted by Crippen LogP contribution is 2.12. The molecule has 1 aromatic rings. The lowest BCUT2D eigenvalue weighted by Gasteiger charge is -2.02.